The Morgan fingerprint density at radius 2 is 0.719 bits per heavy atom. The molecular weight excluding hydrogens is 482 g/mol. The molecule has 0 amide bonds. The summed E-state index contributed by atoms with van der Waals surface area (Å²) in [6, 6.07) is -3.68. The summed E-state index contributed by atoms with van der Waals surface area (Å²) in [5, 5.41) is 0. The Labute approximate surface area is 168 Å². The maximum atomic E-state index is 14.6. The van der Waals surface area contributed by atoms with E-state index in [1.54, 1.807) is 0 Å². The fourth-order valence-electron chi connectivity index (χ4n) is 3.20. The molecule has 0 fully saturated rings. The fourth-order valence-corrected chi connectivity index (χ4v) is 3.20. The van der Waals surface area contributed by atoms with Crippen LogP contribution in [0.5, 0.6) is 0 Å². The van der Waals surface area contributed by atoms with Gasteiger partial charge in [-0.1, -0.05) is 24.3 Å². The Morgan fingerprint density at radius 1 is 0.438 bits per heavy atom. The Hall–Kier alpha value is -2.54. The van der Waals surface area contributed by atoms with Crippen molar-refractivity contribution >= 4 is 0 Å². The van der Waals surface area contributed by atoms with E-state index in [1.807, 2.05) is 0 Å². The van der Waals surface area contributed by atoms with Gasteiger partial charge >= 0.3 is 36.0 Å². The summed E-state index contributed by atoms with van der Waals surface area (Å²) >= 11 is 0. The SMILES string of the molecule is FC(F)(F)c1cc2ccc1C(F)(F)C(F)(F)c1ccc(c(C(F)(F)F)c1)C(F)(F)C2(F)F. The third-order valence-corrected chi connectivity index (χ3v) is 4.84. The predicted octanol–water partition coefficient (Wildman–Crippen LogP) is 7.81. The highest BCUT2D eigenvalue weighted by molar-refractivity contribution is 5.47. The van der Waals surface area contributed by atoms with Crippen molar-refractivity contribution in [1.82, 2.24) is 0 Å². The standard InChI is InChI=1S/C18H6F14/c19-13(20)7-1-3-9(11(5-7)17(27,28)29)15(23,24)14(21,22)8-2-4-10(16(13,25)26)12(6-8)18(30,31)32/h1-6H. The van der Waals surface area contributed by atoms with E-state index < -0.39 is 106 Å². The van der Waals surface area contributed by atoms with Gasteiger partial charge in [-0.25, -0.2) is 0 Å². The van der Waals surface area contributed by atoms with Crippen LogP contribution in [0.1, 0.15) is 33.4 Å². The molecular formula is C18H6F14. The second-order valence-corrected chi connectivity index (χ2v) is 6.81. The van der Waals surface area contributed by atoms with Crippen molar-refractivity contribution < 1.29 is 61.5 Å². The summed E-state index contributed by atoms with van der Waals surface area (Å²) in [4.78, 5) is 0. The van der Waals surface area contributed by atoms with Gasteiger partial charge in [0.1, 0.15) is 0 Å². The van der Waals surface area contributed by atoms with Crippen LogP contribution in [0.15, 0.2) is 36.4 Å². The minimum atomic E-state index is -5.99. The molecule has 0 spiro atoms. The quantitative estimate of drug-likeness (QED) is 0.332. The molecule has 0 saturated carbocycles. The summed E-state index contributed by atoms with van der Waals surface area (Å²) < 4.78 is 196. The van der Waals surface area contributed by atoms with E-state index in [2.05, 4.69) is 0 Å². The summed E-state index contributed by atoms with van der Waals surface area (Å²) in [6.07, 6.45) is -12.0. The molecule has 2 aromatic carbocycles. The minimum absolute atomic E-state index is 0.399. The summed E-state index contributed by atoms with van der Waals surface area (Å²) in [6.45, 7) is 0. The van der Waals surface area contributed by atoms with E-state index in [4.69, 9.17) is 0 Å². The molecule has 0 saturated heterocycles. The molecule has 2 aromatic rings. The second-order valence-electron chi connectivity index (χ2n) is 6.81. The average Bonchev–Trinajstić information content (AvgIpc) is 2.64. The van der Waals surface area contributed by atoms with Crippen LogP contribution < -0.4 is 0 Å². The minimum Gasteiger partial charge on any atom is -0.194 e. The lowest BCUT2D eigenvalue weighted by Gasteiger charge is -2.34. The third kappa shape index (κ3) is 3.20. The summed E-state index contributed by atoms with van der Waals surface area (Å²) in [5.41, 5.74) is -15.3. The van der Waals surface area contributed by atoms with E-state index in [-0.39, 0.29) is 0 Å². The molecule has 0 heterocycles. The van der Waals surface area contributed by atoms with E-state index in [0.717, 1.165) is 0 Å². The lowest BCUT2D eigenvalue weighted by atomic mass is 9.84. The van der Waals surface area contributed by atoms with Crippen LogP contribution in [-0.4, -0.2) is 0 Å². The highest BCUT2D eigenvalue weighted by Crippen LogP contribution is 2.58. The number of benzene rings is 2. The normalized spacial score (nSPS) is 21.2. The van der Waals surface area contributed by atoms with Crippen LogP contribution in [0.4, 0.5) is 61.5 Å². The summed E-state index contributed by atoms with van der Waals surface area (Å²) in [5.74, 6) is -23.3. The number of hydrogen-bond acceptors (Lipinski definition) is 0. The molecule has 0 unspecified atom stereocenters. The second kappa shape index (κ2) is 6.50. The molecule has 176 valence electrons. The third-order valence-electron chi connectivity index (χ3n) is 4.84. The molecule has 6 rings (SSSR count). The molecule has 0 N–H and O–H groups in total. The zero-order valence-electron chi connectivity index (χ0n) is 14.8. The van der Waals surface area contributed by atoms with Crippen LogP contribution in [0.3, 0.4) is 0 Å². The van der Waals surface area contributed by atoms with Gasteiger partial charge in [-0.3, -0.25) is 0 Å². The van der Waals surface area contributed by atoms with Gasteiger partial charge in [0.05, 0.1) is 11.1 Å². The van der Waals surface area contributed by atoms with Gasteiger partial charge < -0.3 is 0 Å². The highest BCUT2D eigenvalue weighted by Gasteiger charge is 2.65. The maximum absolute atomic E-state index is 14.6. The van der Waals surface area contributed by atoms with Crippen molar-refractivity contribution in [2.45, 2.75) is 36.0 Å². The topological polar surface area (TPSA) is 0 Å². The van der Waals surface area contributed by atoms with Gasteiger partial charge in [0.2, 0.25) is 0 Å². The molecule has 4 bridgehead atoms. The number of halogens is 14. The molecule has 0 aliphatic heterocycles. The van der Waals surface area contributed by atoms with Gasteiger partial charge in [0.25, 0.3) is 0 Å². The molecule has 0 aromatic heterocycles. The van der Waals surface area contributed by atoms with E-state index in [1.165, 1.54) is 0 Å². The van der Waals surface area contributed by atoms with Crippen LogP contribution in [-0.2, 0) is 36.0 Å². The Balaban J connectivity index is 2.56. The zero-order chi connectivity index (χ0) is 24.7. The first-order valence-electron chi connectivity index (χ1n) is 8.12. The number of rotatable bonds is 0. The van der Waals surface area contributed by atoms with Gasteiger partial charge in [0, 0.05) is 22.3 Å². The van der Waals surface area contributed by atoms with E-state index in [0.29, 0.717) is 0 Å². The maximum Gasteiger partial charge on any atom is 0.416 e. The molecule has 4 aliphatic rings. The monoisotopic (exact) mass is 488 g/mol. The summed E-state index contributed by atoms with van der Waals surface area (Å²) in [7, 11) is 0. The molecule has 0 nitrogen and oxygen atoms in total. The Morgan fingerprint density at radius 3 is 0.969 bits per heavy atom. The van der Waals surface area contributed by atoms with E-state index in [9.17, 15) is 61.5 Å². The van der Waals surface area contributed by atoms with Crippen molar-refractivity contribution in [1.29, 1.82) is 0 Å². The van der Waals surface area contributed by atoms with Crippen molar-refractivity contribution in [2.24, 2.45) is 0 Å². The molecule has 0 radical (unpaired) electrons. The Bertz CT molecular complexity index is 973. The van der Waals surface area contributed by atoms with Gasteiger partial charge in [-0.2, -0.15) is 61.5 Å². The van der Waals surface area contributed by atoms with Gasteiger partial charge in [-0.05, 0) is 12.1 Å². The Kier molecular flexibility index (Phi) is 4.90. The fraction of sp³-hybridized carbons (Fsp3) is 0.333. The first-order valence-corrected chi connectivity index (χ1v) is 8.12. The average molecular weight is 488 g/mol. The van der Waals surface area contributed by atoms with Crippen LogP contribution in [0, 0.1) is 0 Å². The molecule has 4 aliphatic carbocycles. The van der Waals surface area contributed by atoms with Gasteiger partial charge in [-0.15, -0.1) is 0 Å². The number of alkyl halides is 14. The van der Waals surface area contributed by atoms with Crippen LogP contribution in [0.2, 0.25) is 0 Å². The highest BCUT2D eigenvalue weighted by atomic mass is 19.4. The first kappa shape index (κ1) is 24.1. The van der Waals surface area contributed by atoms with Crippen LogP contribution >= 0.6 is 0 Å². The van der Waals surface area contributed by atoms with Crippen molar-refractivity contribution in [3.05, 3.63) is 69.8 Å². The largest absolute Gasteiger partial charge is 0.416 e. The lowest BCUT2D eigenvalue weighted by Crippen LogP contribution is -2.41. The first-order chi connectivity index (χ1) is 14.2. The molecule has 32 heavy (non-hydrogen) atoms. The van der Waals surface area contributed by atoms with Gasteiger partial charge in [0.15, 0.2) is 0 Å². The zero-order valence-corrected chi connectivity index (χ0v) is 14.8. The van der Waals surface area contributed by atoms with E-state index >= 15 is 0 Å². The molecule has 14 heteroatoms. The van der Waals surface area contributed by atoms with Crippen molar-refractivity contribution in [2.75, 3.05) is 0 Å². The predicted molar refractivity (Wildman–Crippen MR) is 78.5 cm³/mol. The van der Waals surface area contributed by atoms with Crippen LogP contribution in [0.25, 0.3) is 0 Å². The van der Waals surface area contributed by atoms with Crippen molar-refractivity contribution in [3.8, 4) is 0 Å². The smallest absolute Gasteiger partial charge is 0.194 e. The number of hydrogen-bond donors (Lipinski definition) is 0. The van der Waals surface area contributed by atoms with Crippen molar-refractivity contribution in [3.63, 3.8) is 0 Å². The lowest BCUT2D eigenvalue weighted by molar-refractivity contribution is -0.233. The molecule has 0 atom stereocenters.